The maximum absolute atomic E-state index is 11.8. The zero-order chi connectivity index (χ0) is 5.98. The van der Waals surface area contributed by atoms with Gasteiger partial charge in [0.05, 0.1) is 0 Å². The second-order valence-electron chi connectivity index (χ2n) is 2.60. The van der Waals surface area contributed by atoms with E-state index in [1.807, 2.05) is 0 Å². The Balaban J connectivity index is 2.22. The van der Waals surface area contributed by atoms with Crippen LogP contribution in [0.25, 0.3) is 0 Å². The smallest absolute Gasteiger partial charge is 0.105 e. The molecule has 0 aromatic carbocycles. The number of nitrogens with one attached hydrogen (secondary N) is 1. The molecule has 0 radical (unpaired) electrons. The average molecular weight is 117 g/mol. The van der Waals surface area contributed by atoms with E-state index >= 15 is 0 Å². The van der Waals surface area contributed by atoms with E-state index in [4.69, 9.17) is 0 Å². The van der Waals surface area contributed by atoms with Crippen LogP contribution >= 0.6 is 0 Å². The number of hydrogen-bond donors (Lipinski definition) is 1. The van der Waals surface area contributed by atoms with Crippen molar-refractivity contribution in [2.45, 2.75) is 19.4 Å². The van der Waals surface area contributed by atoms with Crippen molar-refractivity contribution in [1.82, 2.24) is 5.32 Å². The molecule has 0 unspecified atom stereocenters. The SMILES string of the molecule is C[C@@H]1CN[C@H](CF)C1. The molecule has 1 saturated heterocycles. The minimum absolute atomic E-state index is 0.157. The lowest BCUT2D eigenvalue weighted by Gasteiger charge is -2.00. The molecule has 1 N–H and O–H groups in total. The number of halogens is 1. The van der Waals surface area contributed by atoms with Gasteiger partial charge in [-0.1, -0.05) is 6.92 Å². The molecule has 2 atom stereocenters. The standard InChI is InChI=1S/C6H12FN/c1-5-2-6(3-7)8-4-5/h5-6,8H,2-4H2,1H3/t5-,6-/m0/s1. The maximum Gasteiger partial charge on any atom is 0.105 e. The Labute approximate surface area is 49.3 Å². The molecule has 1 aliphatic rings. The molecule has 0 amide bonds. The quantitative estimate of drug-likeness (QED) is 0.539. The maximum atomic E-state index is 11.8. The zero-order valence-corrected chi connectivity index (χ0v) is 5.15. The summed E-state index contributed by atoms with van der Waals surface area (Å²) in [5, 5.41) is 3.08. The molecule has 48 valence electrons. The van der Waals surface area contributed by atoms with Gasteiger partial charge in [0.1, 0.15) is 6.67 Å². The minimum atomic E-state index is -0.204. The van der Waals surface area contributed by atoms with Gasteiger partial charge >= 0.3 is 0 Å². The van der Waals surface area contributed by atoms with Gasteiger partial charge in [0.2, 0.25) is 0 Å². The zero-order valence-electron chi connectivity index (χ0n) is 5.15. The van der Waals surface area contributed by atoms with Gasteiger partial charge < -0.3 is 5.32 Å². The molecular weight excluding hydrogens is 105 g/mol. The molecular formula is C6H12FN. The fraction of sp³-hybridized carbons (Fsp3) is 1.00. The van der Waals surface area contributed by atoms with Crippen molar-refractivity contribution in [3.05, 3.63) is 0 Å². The summed E-state index contributed by atoms with van der Waals surface area (Å²) in [5.74, 6) is 0.677. The Kier molecular flexibility index (Phi) is 1.84. The molecule has 1 fully saturated rings. The first-order valence-corrected chi connectivity index (χ1v) is 3.12. The van der Waals surface area contributed by atoms with Gasteiger partial charge in [-0.05, 0) is 18.9 Å². The summed E-state index contributed by atoms with van der Waals surface area (Å²) >= 11 is 0. The molecule has 1 aliphatic heterocycles. The molecule has 8 heavy (non-hydrogen) atoms. The number of hydrogen-bond acceptors (Lipinski definition) is 1. The summed E-state index contributed by atoms with van der Waals surface area (Å²) in [4.78, 5) is 0. The fourth-order valence-electron chi connectivity index (χ4n) is 1.14. The summed E-state index contributed by atoms with van der Waals surface area (Å²) in [6.07, 6.45) is 1.01. The molecule has 0 aliphatic carbocycles. The van der Waals surface area contributed by atoms with E-state index in [-0.39, 0.29) is 12.7 Å². The predicted octanol–water partition coefficient (Wildman–Crippen LogP) is 0.954. The van der Waals surface area contributed by atoms with E-state index in [1.54, 1.807) is 0 Å². The third-order valence-corrected chi connectivity index (χ3v) is 1.63. The van der Waals surface area contributed by atoms with E-state index < -0.39 is 0 Å². The summed E-state index contributed by atoms with van der Waals surface area (Å²) < 4.78 is 11.8. The third kappa shape index (κ3) is 1.19. The molecule has 2 heteroatoms. The Morgan fingerprint density at radius 2 is 2.50 bits per heavy atom. The number of rotatable bonds is 1. The summed E-state index contributed by atoms with van der Waals surface area (Å²) in [5.41, 5.74) is 0. The van der Waals surface area contributed by atoms with Crippen LogP contribution in [-0.4, -0.2) is 19.3 Å². The second kappa shape index (κ2) is 2.44. The Morgan fingerprint density at radius 1 is 1.75 bits per heavy atom. The van der Waals surface area contributed by atoms with Gasteiger partial charge in [-0.15, -0.1) is 0 Å². The lowest BCUT2D eigenvalue weighted by atomic mass is 10.1. The molecule has 0 aromatic rings. The normalized spacial score (nSPS) is 38.2. The first-order valence-electron chi connectivity index (χ1n) is 3.12. The van der Waals surface area contributed by atoms with Gasteiger partial charge in [0.15, 0.2) is 0 Å². The van der Waals surface area contributed by atoms with Crippen LogP contribution in [0.1, 0.15) is 13.3 Å². The average Bonchev–Trinajstić information content (AvgIpc) is 2.14. The van der Waals surface area contributed by atoms with Gasteiger partial charge in [-0.3, -0.25) is 0 Å². The van der Waals surface area contributed by atoms with Crippen molar-refractivity contribution < 1.29 is 4.39 Å². The van der Waals surface area contributed by atoms with Crippen LogP contribution in [-0.2, 0) is 0 Å². The molecule has 0 aromatic heterocycles. The summed E-state index contributed by atoms with van der Waals surface area (Å²) in [6.45, 7) is 2.93. The van der Waals surface area contributed by atoms with E-state index in [2.05, 4.69) is 12.2 Å². The Bertz CT molecular complexity index is 74.9. The van der Waals surface area contributed by atoms with Gasteiger partial charge in [-0.25, -0.2) is 4.39 Å². The van der Waals surface area contributed by atoms with E-state index in [1.165, 1.54) is 0 Å². The Morgan fingerprint density at radius 3 is 2.75 bits per heavy atom. The van der Waals surface area contributed by atoms with E-state index in [9.17, 15) is 4.39 Å². The first kappa shape index (κ1) is 6.02. The minimum Gasteiger partial charge on any atom is -0.311 e. The molecule has 1 heterocycles. The lowest BCUT2D eigenvalue weighted by Crippen LogP contribution is -2.22. The van der Waals surface area contributed by atoms with Crippen molar-refractivity contribution in [3.8, 4) is 0 Å². The molecule has 0 spiro atoms. The highest BCUT2D eigenvalue weighted by molar-refractivity contribution is 4.77. The van der Waals surface area contributed by atoms with E-state index in [0.717, 1.165) is 13.0 Å². The van der Waals surface area contributed by atoms with Gasteiger partial charge in [0, 0.05) is 6.04 Å². The molecule has 0 bridgehead atoms. The summed E-state index contributed by atoms with van der Waals surface area (Å²) in [6, 6.07) is 0.157. The second-order valence-corrected chi connectivity index (χ2v) is 2.60. The van der Waals surface area contributed by atoms with Crippen molar-refractivity contribution in [2.75, 3.05) is 13.2 Å². The van der Waals surface area contributed by atoms with Crippen LogP contribution in [0.5, 0.6) is 0 Å². The van der Waals surface area contributed by atoms with Crippen LogP contribution in [0.2, 0.25) is 0 Å². The Hall–Kier alpha value is -0.110. The largest absolute Gasteiger partial charge is 0.311 e. The van der Waals surface area contributed by atoms with Gasteiger partial charge in [0.25, 0.3) is 0 Å². The van der Waals surface area contributed by atoms with Crippen molar-refractivity contribution in [2.24, 2.45) is 5.92 Å². The van der Waals surface area contributed by atoms with Crippen molar-refractivity contribution >= 4 is 0 Å². The van der Waals surface area contributed by atoms with Crippen molar-refractivity contribution in [1.29, 1.82) is 0 Å². The number of alkyl halides is 1. The van der Waals surface area contributed by atoms with Crippen LogP contribution in [0.15, 0.2) is 0 Å². The fourth-order valence-corrected chi connectivity index (χ4v) is 1.14. The highest BCUT2D eigenvalue weighted by Crippen LogP contribution is 2.12. The van der Waals surface area contributed by atoms with Crippen LogP contribution in [0.3, 0.4) is 0 Å². The van der Waals surface area contributed by atoms with Crippen LogP contribution in [0.4, 0.5) is 4.39 Å². The van der Waals surface area contributed by atoms with E-state index in [0.29, 0.717) is 5.92 Å². The molecule has 1 rings (SSSR count). The van der Waals surface area contributed by atoms with Crippen molar-refractivity contribution in [3.63, 3.8) is 0 Å². The van der Waals surface area contributed by atoms with Crippen LogP contribution < -0.4 is 5.32 Å². The third-order valence-electron chi connectivity index (χ3n) is 1.63. The highest BCUT2D eigenvalue weighted by atomic mass is 19.1. The molecule has 1 nitrogen and oxygen atoms in total. The first-order chi connectivity index (χ1) is 3.83. The summed E-state index contributed by atoms with van der Waals surface area (Å²) in [7, 11) is 0. The molecule has 0 saturated carbocycles. The predicted molar refractivity (Wildman–Crippen MR) is 31.5 cm³/mol. The topological polar surface area (TPSA) is 12.0 Å². The lowest BCUT2D eigenvalue weighted by molar-refractivity contribution is 0.401. The monoisotopic (exact) mass is 117 g/mol. The van der Waals surface area contributed by atoms with Gasteiger partial charge in [-0.2, -0.15) is 0 Å². The highest BCUT2D eigenvalue weighted by Gasteiger charge is 2.19. The van der Waals surface area contributed by atoms with Crippen LogP contribution in [0, 0.1) is 5.92 Å².